The molecule has 2 aliphatic heterocycles. The number of hydrogen-bond donors (Lipinski definition) is 0. The van der Waals surface area contributed by atoms with Gasteiger partial charge in [-0.05, 0) is 12.8 Å². The fraction of sp³-hybridized carbons (Fsp3) is 0.615. The molecule has 0 N–H and O–H groups in total. The number of nitrogens with zero attached hydrogens (tertiary/aromatic N) is 4. The highest BCUT2D eigenvalue weighted by Crippen LogP contribution is 2.28. The van der Waals surface area contributed by atoms with Gasteiger partial charge in [-0.25, -0.2) is 22.5 Å². The van der Waals surface area contributed by atoms with E-state index in [9.17, 15) is 13.2 Å². The molecule has 0 saturated carbocycles. The lowest BCUT2D eigenvalue weighted by Crippen LogP contribution is -2.37. The third kappa shape index (κ3) is 3.05. The Labute approximate surface area is 129 Å². The Kier molecular flexibility index (Phi) is 4.00. The molecule has 0 bridgehead atoms. The molecule has 0 radical (unpaired) electrons. The average molecular weight is 326 g/mol. The minimum atomic E-state index is -3.13. The zero-order valence-electron chi connectivity index (χ0n) is 12.3. The van der Waals surface area contributed by atoms with E-state index >= 15 is 0 Å². The van der Waals surface area contributed by atoms with Crippen molar-refractivity contribution in [2.45, 2.75) is 18.8 Å². The van der Waals surface area contributed by atoms with E-state index in [0.29, 0.717) is 44.9 Å². The maximum atomic E-state index is 11.6. The van der Waals surface area contributed by atoms with Crippen LogP contribution in [0.1, 0.15) is 24.5 Å². The number of piperidine rings is 1. The Hall–Kier alpha value is -1.74. The van der Waals surface area contributed by atoms with E-state index < -0.39 is 16.1 Å². The van der Waals surface area contributed by atoms with Crippen molar-refractivity contribution in [2.75, 3.05) is 37.4 Å². The van der Waals surface area contributed by atoms with Crippen LogP contribution in [0, 0.1) is 0 Å². The highest BCUT2D eigenvalue weighted by atomic mass is 32.2. The molecule has 2 saturated heterocycles. The number of anilines is 1. The molecule has 1 amide bonds. The molecule has 120 valence electrons. The Morgan fingerprint density at radius 1 is 1.23 bits per heavy atom. The van der Waals surface area contributed by atoms with Crippen LogP contribution in [-0.2, 0) is 14.8 Å². The zero-order valence-corrected chi connectivity index (χ0v) is 13.1. The molecule has 0 unspecified atom stereocenters. The second kappa shape index (κ2) is 5.81. The van der Waals surface area contributed by atoms with Crippen LogP contribution in [0.25, 0.3) is 0 Å². The van der Waals surface area contributed by atoms with Crippen molar-refractivity contribution < 1.29 is 17.9 Å². The van der Waals surface area contributed by atoms with Gasteiger partial charge in [0.15, 0.2) is 5.82 Å². The Bertz CT molecular complexity index is 670. The summed E-state index contributed by atoms with van der Waals surface area (Å²) in [6, 6.07) is 0. The van der Waals surface area contributed by atoms with Crippen molar-refractivity contribution in [1.82, 2.24) is 14.3 Å². The summed E-state index contributed by atoms with van der Waals surface area (Å²) in [6.45, 7) is 1.81. The number of amides is 1. The van der Waals surface area contributed by atoms with Crippen LogP contribution in [-0.4, -0.2) is 61.3 Å². The van der Waals surface area contributed by atoms with Gasteiger partial charge >= 0.3 is 6.09 Å². The van der Waals surface area contributed by atoms with E-state index in [1.165, 1.54) is 15.5 Å². The maximum absolute atomic E-state index is 11.6. The predicted molar refractivity (Wildman–Crippen MR) is 79.1 cm³/mol. The molecule has 2 fully saturated rings. The Morgan fingerprint density at radius 3 is 2.55 bits per heavy atom. The van der Waals surface area contributed by atoms with Crippen molar-refractivity contribution in [3.63, 3.8) is 0 Å². The van der Waals surface area contributed by atoms with Gasteiger partial charge in [-0.1, -0.05) is 0 Å². The van der Waals surface area contributed by atoms with Crippen LogP contribution in [0.5, 0.6) is 0 Å². The average Bonchev–Trinajstić information content (AvgIpc) is 2.93. The number of cyclic esters (lactones) is 1. The Morgan fingerprint density at radius 2 is 1.95 bits per heavy atom. The van der Waals surface area contributed by atoms with Crippen LogP contribution in [0.4, 0.5) is 10.6 Å². The summed E-state index contributed by atoms with van der Waals surface area (Å²) in [5.74, 6) is 0.648. The molecule has 8 nitrogen and oxygen atoms in total. The third-order valence-electron chi connectivity index (χ3n) is 4.02. The van der Waals surface area contributed by atoms with Gasteiger partial charge in [0.05, 0.1) is 24.7 Å². The minimum Gasteiger partial charge on any atom is -0.447 e. The van der Waals surface area contributed by atoms with Gasteiger partial charge in [-0.15, -0.1) is 0 Å². The monoisotopic (exact) mass is 326 g/mol. The first-order chi connectivity index (χ1) is 10.4. The lowest BCUT2D eigenvalue weighted by Gasteiger charge is -2.29. The SMILES string of the molecule is CS(=O)(=O)N1CCC(c2cncc(N3CCOC3=O)n2)CC1. The van der Waals surface area contributed by atoms with Gasteiger partial charge in [0, 0.05) is 25.2 Å². The number of rotatable bonds is 3. The second-order valence-corrected chi connectivity index (χ2v) is 7.49. The number of sulfonamides is 1. The molecule has 0 spiro atoms. The summed E-state index contributed by atoms with van der Waals surface area (Å²) < 4.78 is 29.5. The van der Waals surface area contributed by atoms with E-state index in [-0.39, 0.29) is 5.92 Å². The van der Waals surface area contributed by atoms with E-state index in [1.54, 1.807) is 12.4 Å². The van der Waals surface area contributed by atoms with Gasteiger partial charge in [-0.2, -0.15) is 0 Å². The van der Waals surface area contributed by atoms with E-state index in [1.807, 2.05) is 0 Å². The molecule has 3 rings (SSSR count). The summed E-state index contributed by atoms with van der Waals surface area (Å²) in [6.07, 6.45) is 5.46. The lowest BCUT2D eigenvalue weighted by molar-refractivity contribution is 0.181. The fourth-order valence-electron chi connectivity index (χ4n) is 2.78. The molecule has 3 heterocycles. The largest absolute Gasteiger partial charge is 0.447 e. The number of carbonyl (C=O) groups is 1. The second-order valence-electron chi connectivity index (χ2n) is 5.50. The van der Waals surface area contributed by atoms with Crippen LogP contribution < -0.4 is 4.90 Å². The molecular weight excluding hydrogens is 308 g/mol. The molecule has 9 heteroatoms. The van der Waals surface area contributed by atoms with Gasteiger partial charge in [0.25, 0.3) is 0 Å². The summed E-state index contributed by atoms with van der Waals surface area (Å²) in [5, 5.41) is 0. The molecule has 0 atom stereocenters. The fourth-order valence-corrected chi connectivity index (χ4v) is 3.66. The first kappa shape index (κ1) is 15.2. The van der Waals surface area contributed by atoms with Gasteiger partial charge in [-0.3, -0.25) is 9.88 Å². The van der Waals surface area contributed by atoms with Gasteiger partial charge in [0.2, 0.25) is 10.0 Å². The van der Waals surface area contributed by atoms with Crippen molar-refractivity contribution in [1.29, 1.82) is 0 Å². The predicted octanol–water partition coefficient (Wildman–Crippen LogP) is 0.572. The highest BCUT2D eigenvalue weighted by Gasteiger charge is 2.29. The van der Waals surface area contributed by atoms with E-state index in [4.69, 9.17) is 4.74 Å². The number of hydrogen-bond acceptors (Lipinski definition) is 6. The van der Waals surface area contributed by atoms with Gasteiger partial charge < -0.3 is 4.74 Å². The normalized spacial score (nSPS) is 21.1. The van der Waals surface area contributed by atoms with Crippen molar-refractivity contribution in [2.24, 2.45) is 0 Å². The topological polar surface area (TPSA) is 92.7 Å². The molecular formula is C13H18N4O4S. The molecule has 22 heavy (non-hydrogen) atoms. The molecule has 1 aromatic rings. The summed E-state index contributed by atoms with van der Waals surface area (Å²) in [4.78, 5) is 21.7. The molecule has 0 aliphatic carbocycles. The van der Waals surface area contributed by atoms with Crippen molar-refractivity contribution in [3.8, 4) is 0 Å². The summed E-state index contributed by atoms with van der Waals surface area (Å²) in [5.41, 5.74) is 0.797. The number of carbonyl (C=O) groups excluding carboxylic acids is 1. The summed E-state index contributed by atoms with van der Waals surface area (Å²) >= 11 is 0. The van der Waals surface area contributed by atoms with Crippen LogP contribution in [0.15, 0.2) is 12.4 Å². The van der Waals surface area contributed by atoms with E-state index in [2.05, 4.69) is 9.97 Å². The van der Waals surface area contributed by atoms with Crippen molar-refractivity contribution in [3.05, 3.63) is 18.1 Å². The lowest BCUT2D eigenvalue weighted by atomic mass is 9.95. The first-order valence-electron chi connectivity index (χ1n) is 7.16. The van der Waals surface area contributed by atoms with Crippen LogP contribution in [0.2, 0.25) is 0 Å². The third-order valence-corrected chi connectivity index (χ3v) is 5.32. The summed E-state index contributed by atoms with van der Waals surface area (Å²) in [7, 11) is -3.13. The van der Waals surface area contributed by atoms with E-state index in [0.717, 1.165) is 5.69 Å². The standard InChI is InChI=1S/C13H18N4O4S/c1-22(19,20)16-4-2-10(3-5-16)11-8-14-9-12(15-11)17-6-7-21-13(17)18/h8-10H,2-7H2,1H3. The highest BCUT2D eigenvalue weighted by molar-refractivity contribution is 7.88. The zero-order chi connectivity index (χ0) is 15.7. The molecule has 1 aromatic heterocycles. The Balaban J connectivity index is 1.72. The van der Waals surface area contributed by atoms with Gasteiger partial charge in [0.1, 0.15) is 6.61 Å². The number of ether oxygens (including phenoxy) is 1. The first-order valence-corrected chi connectivity index (χ1v) is 9.01. The maximum Gasteiger partial charge on any atom is 0.415 e. The van der Waals surface area contributed by atoms with Crippen LogP contribution >= 0.6 is 0 Å². The number of aromatic nitrogens is 2. The van der Waals surface area contributed by atoms with Crippen LogP contribution in [0.3, 0.4) is 0 Å². The minimum absolute atomic E-state index is 0.157. The molecule has 0 aromatic carbocycles. The quantitative estimate of drug-likeness (QED) is 0.806. The smallest absolute Gasteiger partial charge is 0.415 e. The van der Waals surface area contributed by atoms with Crippen molar-refractivity contribution >= 4 is 21.9 Å². The molecule has 2 aliphatic rings.